The topological polar surface area (TPSA) is 15.3 Å². The van der Waals surface area contributed by atoms with E-state index < -0.39 is 0 Å². The predicted octanol–water partition coefficient (Wildman–Crippen LogP) is 3.42. The van der Waals surface area contributed by atoms with Gasteiger partial charge >= 0.3 is 0 Å². The SMILES string of the molecule is CCN1CCCC(NC2CCCC(C)CC2)CC1. The number of nitrogens with one attached hydrogen (secondary N) is 1. The van der Waals surface area contributed by atoms with Crippen LogP contribution in [-0.4, -0.2) is 36.6 Å². The van der Waals surface area contributed by atoms with Gasteiger partial charge in [0.15, 0.2) is 0 Å². The Bertz CT molecular complexity index is 229. The van der Waals surface area contributed by atoms with Crippen LogP contribution in [0.5, 0.6) is 0 Å². The third-order valence-corrected chi connectivity index (χ3v) is 5.00. The quantitative estimate of drug-likeness (QED) is 0.774. The van der Waals surface area contributed by atoms with Gasteiger partial charge in [-0.05, 0) is 64.1 Å². The summed E-state index contributed by atoms with van der Waals surface area (Å²) >= 11 is 0. The highest BCUT2D eigenvalue weighted by Gasteiger charge is 2.21. The van der Waals surface area contributed by atoms with Gasteiger partial charge in [0.05, 0.1) is 0 Å². The lowest BCUT2D eigenvalue weighted by atomic mass is 10.0. The van der Waals surface area contributed by atoms with Gasteiger partial charge in [-0.15, -0.1) is 0 Å². The van der Waals surface area contributed by atoms with Crippen LogP contribution in [0.2, 0.25) is 0 Å². The maximum atomic E-state index is 3.98. The van der Waals surface area contributed by atoms with Crippen molar-refractivity contribution >= 4 is 0 Å². The standard InChI is InChI=1S/C16H32N2/c1-3-18-12-5-8-16(11-13-18)17-15-7-4-6-14(2)9-10-15/h14-17H,3-13H2,1-2H3. The first-order valence-corrected chi connectivity index (χ1v) is 8.26. The number of likely N-dealkylation sites (tertiary alicyclic amines) is 1. The summed E-state index contributed by atoms with van der Waals surface area (Å²) in [5.41, 5.74) is 0. The highest BCUT2D eigenvalue weighted by atomic mass is 15.1. The molecule has 0 aromatic carbocycles. The fourth-order valence-corrected chi connectivity index (χ4v) is 3.63. The van der Waals surface area contributed by atoms with Gasteiger partial charge in [-0.2, -0.15) is 0 Å². The van der Waals surface area contributed by atoms with Gasteiger partial charge in [-0.3, -0.25) is 0 Å². The summed E-state index contributed by atoms with van der Waals surface area (Å²) in [7, 11) is 0. The Morgan fingerprint density at radius 3 is 2.50 bits per heavy atom. The molecule has 2 heteroatoms. The number of nitrogens with zero attached hydrogens (tertiary/aromatic N) is 1. The third kappa shape index (κ3) is 4.55. The van der Waals surface area contributed by atoms with Gasteiger partial charge in [0.1, 0.15) is 0 Å². The second-order valence-electron chi connectivity index (χ2n) is 6.54. The van der Waals surface area contributed by atoms with Crippen molar-refractivity contribution in [1.29, 1.82) is 0 Å². The molecule has 0 bridgehead atoms. The lowest BCUT2D eigenvalue weighted by molar-refractivity contribution is 0.293. The summed E-state index contributed by atoms with van der Waals surface area (Å²) in [5, 5.41) is 3.98. The van der Waals surface area contributed by atoms with Crippen LogP contribution >= 0.6 is 0 Å². The Labute approximate surface area is 114 Å². The average Bonchev–Trinajstić information content (AvgIpc) is 2.71. The van der Waals surface area contributed by atoms with E-state index >= 15 is 0 Å². The second kappa shape index (κ2) is 7.49. The van der Waals surface area contributed by atoms with Gasteiger partial charge in [-0.25, -0.2) is 0 Å². The van der Waals surface area contributed by atoms with E-state index in [0.29, 0.717) is 0 Å². The Kier molecular flexibility index (Phi) is 5.97. The monoisotopic (exact) mass is 252 g/mol. The van der Waals surface area contributed by atoms with Gasteiger partial charge in [0.2, 0.25) is 0 Å². The summed E-state index contributed by atoms with van der Waals surface area (Å²) in [6.45, 7) is 8.56. The molecule has 3 unspecified atom stereocenters. The lowest BCUT2D eigenvalue weighted by Crippen LogP contribution is -2.38. The van der Waals surface area contributed by atoms with Crippen molar-refractivity contribution in [2.75, 3.05) is 19.6 Å². The number of hydrogen-bond donors (Lipinski definition) is 1. The van der Waals surface area contributed by atoms with Crippen LogP contribution in [0, 0.1) is 5.92 Å². The Morgan fingerprint density at radius 2 is 1.67 bits per heavy atom. The van der Waals surface area contributed by atoms with Crippen molar-refractivity contribution < 1.29 is 0 Å². The Balaban J connectivity index is 1.74. The molecule has 2 fully saturated rings. The Hall–Kier alpha value is -0.0800. The molecule has 2 nitrogen and oxygen atoms in total. The van der Waals surface area contributed by atoms with Crippen molar-refractivity contribution in [2.24, 2.45) is 5.92 Å². The summed E-state index contributed by atoms with van der Waals surface area (Å²) in [5.74, 6) is 0.960. The van der Waals surface area contributed by atoms with Crippen LogP contribution < -0.4 is 5.32 Å². The molecule has 106 valence electrons. The van der Waals surface area contributed by atoms with E-state index in [1.54, 1.807) is 0 Å². The predicted molar refractivity (Wildman–Crippen MR) is 78.9 cm³/mol. The largest absolute Gasteiger partial charge is 0.311 e. The maximum absolute atomic E-state index is 3.98. The molecule has 1 aliphatic heterocycles. The molecule has 0 spiro atoms. The number of hydrogen-bond acceptors (Lipinski definition) is 2. The lowest BCUT2D eigenvalue weighted by Gasteiger charge is -2.24. The molecule has 1 heterocycles. The molecule has 18 heavy (non-hydrogen) atoms. The first kappa shape index (κ1) is 14.3. The highest BCUT2D eigenvalue weighted by Crippen LogP contribution is 2.23. The normalized spacial score (nSPS) is 36.0. The van der Waals surface area contributed by atoms with E-state index in [4.69, 9.17) is 0 Å². The van der Waals surface area contributed by atoms with Crippen LogP contribution in [0.4, 0.5) is 0 Å². The zero-order chi connectivity index (χ0) is 12.8. The highest BCUT2D eigenvalue weighted by molar-refractivity contribution is 4.80. The van der Waals surface area contributed by atoms with Crippen molar-refractivity contribution in [3.63, 3.8) is 0 Å². The van der Waals surface area contributed by atoms with E-state index in [1.165, 1.54) is 71.0 Å². The van der Waals surface area contributed by atoms with Crippen molar-refractivity contribution in [2.45, 2.75) is 77.3 Å². The minimum absolute atomic E-state index is 0.792. The van der Waals surface area contributed by atoms with Crippen molar-refractivity contribution in [3.8, 4) is 0 Å². The maximum Gasteiger partial charge on any atom is 0.00823 e. The second-order valence-corrected chi connectivity index (χ2v) is 6.54. The minimum Gasteiger partial charge on any atom is -0.311 e. The first-order valence-electron chi connectivity index (χ1n) is 8.26. The molecule has 0 aromatic heterocycles. The molecule has 1 aliphatic carbocycles. The zero-order valence-electron chi connectivity index (χ0n) is 12.5. The molecular formula is C16H32N2. The molecule has 3 atom stereocenters. The minimum atomic E-state index is 0.792. The summed E-state index contributed by atoms with van der Waals surface area (Å²) in [6.07, 6.45) is 11.3. The molecule has 1 saturated heterocycles. The zero-order valence-corrected chi connectivity index (χ0v) is 12.5. The molecule has 0 aromatic rings. The molecule has 0 amide bonds. The van der Waals surface area contributed by atoms with E-state index in [-0.39, 0.29) is 0 Å². The smallest absolute Gasteiger partial charge is 0.00823 e. The van der Waals surface area contributed by atoms with Crippen LogP contribution in [0.15, 0.2) is 0 Å². The van der Waals surface area contributed by atoms with Crippen LogP contribution in [-0.2, 0) is 0 Å². The molecule has 2 aliphatic rings. The first-order chi connectivity index (χ1) is 8.78. The third-order valence-electron chi connectivity index (χ3n) is 5.00. The van der Waals surface area contributed by atoms with Crippen LogP contribution in [0.1, 0.15) is 65.2 Å². The van der Waals surface area contributed by atoms with Gasteiger partial charge in [0.25, 0.3) is 0 Å². The summed E-state index contributed by atoms with van der Waals surface area (Å²) in [6, 6.07) is 1.60. The van der Waals surface area contributed by atoms with Gasteiger partial charge in [-0.1, -0.05) is 26.7 Å². The fraction of sp³-hybridized carbons (Fsp3) is 1.00. The molecular weight excluding hydrogens is 220 g/mol. The van der Waals surface area contributed by atoms with E-state index in [1.807, 2.05) is 0 Å². The fourth-order valence-electron chi connectivity index (χ4n) is 3.63. The summed E-state index contributed by atoms with van der Waals surface area (Å²) < 4.78 is 0. The van der Waals surface area contributed by atoms with Crippen LogP contribution in [0.25, 0.3) is 0 Å². The average molecular weight is 252 g/mol. The number of rotatable bonds is 3. The molecule has 1 saturated carbocycles. The molecule has 1 N–H and O–H groups in total. The van der Waals surface area contributed by atoms with E-state index in [9.17, 15) is 0 Å². The van der Waals surface area contributed by atoms with Crippen molar-refractivity contribution in [1.82, 2.24) is 10.2 Å². The molecule has 0 radical (unpaired) electrons. The summed E-state index contributed by atoms with van der Waals surface area (Å²) in [4.78, 5) is 2.61. The van der Waals surface area contributed by atoms with E-state index in [2.05, 4.69) is 24.1 Å². The van der Waals surface area contributed by atoms with Crippen LogP contribution in [0.3, 0.4) is 0 Å². The molecule has 2 rings (SSSR count). The van der Waals surface area contributed by atoms with Crippen molar-refractivity contribution in [3.05, 3.63) is 0 Å². The Morgan fingerprint density at radius 1 is 0.889 bits per heavy atom. The van der Waals surface area contributed by atoms with Gasteiger partial charge in [0, 0.05) is 12.1 Å². The van der Waals surface area contributed by atoms with Gasteiger partial charge < -0.3 is 10.2 Å². The van der Waals surface area contributed by atoms with E-state index in [0.717, 1.165) is 18.0 Å².